The van der Waals surface area contributed by atoms with Crippen molar-refractivity contribution in [3.05, 3.63) is 0 Å². The van der Waals surface area contributed by atoms with Gasteiger partial charge in [-0.05, 0) is 49.4 Å². The lowest BCUT2D eigenvalue weighted by Gasteiger charge is -2.21. The Balaban J connectivity index is 5.26. The molecule has 0 amide bonds. The van der Waals surface area contributed by atoms with Gasteiger partial charge in [-0.1, -0.05) is 421 Å². The van der Waals surface area contributed by atoms with E-state index in [9.17, 15) is 43.2 Å². The molecule has 3 N–H and O–H groups in total. The van der Waals surface area contributed by atoms with Gasteiger partial charge in [0.2, 0.25) is 0 Å². The molecule has 0 aromatic carbocycles. The molecule has 0 aliphatic carbocycles. The van der Waals surface area contributed by atoms with Gasteiger partial charge in [0, 0.05) is 25.7 Å². The summed E-state index contributed by atoms with van der Waals surface area (Å²) in [5, 5.41) is 10.7. The van der Waals surface area contributed by atoms with Gasteiger partial charge in [0.15, 0.2) is 12.2 Å². The van der Waals surface area contributed by atoms with Crippen molar-refractivity contribution >= 4 is 39.5 Å². The number of carbonyl (C=O) groups excluding carboxylic acids is 4. The molecule has 109 heavy (non-hydrogen) atoms. The number of aliphatic hydroxyl groups is 1. The Morgan fingerprint density at radius 3 is 0.569 bits per heavy atom. The predicted octanol–water partition coefficient (Wildman–Crippen LogP) is 27.5. The van der Waals surface area contributed by atoms with E-state index < -0.39 is 97.5 Å². The van der Waals surface area contributed by atoms with E-state index in [-0.39, 0.29) is 25.7 Å². The molecule has 0 spiro atoms. The van der Waals surface area contributed by atoms with Gasteiger partial charge in [-0.3, -0.25) is 37.3 Å². The van der Waals surface area contributed by atoms with Crippen LogP contribution >= 0.6 is 15.6 Å². The Morgan fingerprint density at radius 1 is 0.229 bits per heavy atom. The van der Waals surface area contributed by atoms with Crippen molar-refractivity contribution < 1.29 is 80.2 Å². The highest BCUT2D eigenvalue weighted by Crippen LogP contribution is 2.45. The van der Waals surface area contributed by atoms with Gasteiger partial charge in [0.05, 0.1) is 26.4 Å². The Morgan fingerprint density at radius 2 is 0.385 bits per heavy atom. The molecule has 19 heteroatoms. The van der Waals surface area contributed by atoms with Gasteiger partial charge in [-0.15, -0.1) is 0 Å². The van der Waals surface area contributed by atoms with E-state index in [2.05, 4.69) is 55.4 Å². The number of phosphoric ester groups is 2. The molecular weight excluding hydrogens is 1410 g/mol. The number of hydrogen-bond donors (Lipinski definition) is 3. The van der Waals surface area contributed by atoms with E-state index >= 15 is 0 Å². The first kappa shape index (κ1) is 107. The van der Waals surface area contributed by atoms with Crippen molar-refractivity contribution in [2.24, 2.45) is 23.7 Å². The van der Waals surface area contributed by atoms with Crippen molar-refractivity contribution in [1.82, 2.24) is 0 Å². The molecule has 648 valence electrons. The largest absolute Gasteiger partial charge is 0.472 e. The first-order valence-corrected chi connectivity index (χ1v) is 49.2. The molecule has 0 radical (unpaired) electrons. The maximum atomic E-state index is 13.2. The predicted molar refractivity (Wildman–Crippen MR) is 451 cm³/mol. The lowest BCUT2D eigenvalue weighted by Crippen LogP contribution is -2.30. The fraction of sp³-hybridized carbons (Fsp3) is 0.956. The molecule has 2 unspecified atom stereocenters. The Hall–Kier alpha value is -1.94. The van der Waals surface area contributed by atoms with Crippen LogP contribution in [-0.2, 0) is 65.4 Å². The minimum atomic E-state index is -4.97. The highest BCUT2D eigenvalue weighted by atomic mass is 31.2. The molecule has 0 heterocycles. The molecule has 0 aromatic rings. The van der Waals surface area contributed by atoms with Crippen molar-refractivity contribution in [2.75, 3.05) is 39.6 Å². The summed E-state index contributed by atoms with van der Waals surface area (Å²) < 4.78 is 69.1. The highest BCUT2D eigenvalue weighted by molar-refractivity contribution is 7.47. The maximum absolute atomic E-state index is 13.2. The lowest BCUT2D eigenvalue weighted by atomic mass is 10.0. The number of ether oxygens (including phenoxy) is 4. The summed E-state index contributed by atoms with van der Waals surface area (Å²) in [6.07, 6.45) is 69.4. The van der Waals surface area contributed by atoms with E-state index in [1.807, 2.05) is 0 Å². The zero-order valence-corrected chi connectivity index (χ0v) is 74.0. The molecule has 0 aliphatic rings. The third-order valence-corrected chi connectivity index (χ3v) is 23.0. The topological polar surface area (TPSA) is 237 Å². The Kier molecular flexibility index (Phi) is 77.2. The molecule has 0 saturated carbocycles. The van der Waals surface area contributed by atoms with Crippen LogP contribution in [0.5, 0.6) is 0 Å². The summed E-state index contributed by atoms with van der Waals surface area (Å²) in [5.41, 5.74) is 0. The van der Waals surface area contributed by atoms with Crippen LogP contribution in [0, 0.1) is 23.7 Å². The van der Waals surface area contributed by atoms with Crippen LogP contribution in [0.4, 0.5) is 0 Å². The van der Waals surface area contributed by atoms with Crippen LogP contribution in [0.25, 0.3) is 0 Å². The molecule has 0 aromatic heterocycles. The van der Waals surface area contributed by atoms with Crippen molar-refractivity contribution in [3.8, 4) is 0 Å². The van der Waals surface area contributed by atoms with E-state index in [4.69, 9.17) is 37.0 Å². The number of carbonyl (C=O) groups is 4. The highest BCUT2D eigenvalue weighted by Gasteiger charge is 2.31. The third kappa shape index (κ3) is 83.8. The van der Waals surface area contributed by atoms with Gasteiger partial charge in [-0.25, -0.2) is 9.13 Å². The van der Waals surface area contributed by atoms with E-state index in [0.29, 0.717) is 25.7 Å². The zero-order chi connectivity index (χ0) is 80.2. The summed E-state index contributed by atoms with van der Waals surface area (Å²) in [4.78, 5) is 73.4. The monoisotopic (exact) mass is 1590 g/mol. The van der Waals surface area contributed by atoms with Crippen molar-refractivity contribution in [1.29, 1.82) is 0 Å². The van der Waals surface area contributed by atoms with Crippen LogP contribution in [0.15, 0.2) is 0 Å². The van der Waals surface area contributed by atoms with Crippen LogP contribution in [-0.4, -0.2) is 96.7 Å². The van der Waals surface area contributed by atoms with Crippen LogP contribution in [0.2, 0.25) is 0 Å². The number of phosphoric acid groups is 2. The van der Waals surface area contributed by atoms with Crippen molar-refractivity contribution in [3.63, 3.8) is 0 Å². The molecule has 5 atom stereocenters. The van der Waals surface area contributed by atoms with E-state index in [1.54, 1.807) is 0 Å². The lowest BCUT2D eigenvalue weighted by molar-refractivity contribution is -0.161. The second-order valence-electron chi connectivity index (χ2n) is 34.2. The molecule has 0 rings (SSSR count). The minimum Gasteiger partial charge on any atom is -0.462 e. The van der Waals surface area contributed by atoms with Crippen LogP contribution < -0.4 is 0 Å². The Bertz CT molecular complexity index is 2110. The smallest absolute Gasteiger partial charge is 0.462 e. The van der Waals surface area contributed by atoms with E-state index in [1.165, 1.54) is 276 Å². The van der Waals surface area contributed by atoms with Gasteiger partial charge in [0.1, 0.15) is 19.3 Å². The van der Waals surface area contributed by atoms with Gasteiger partial charge < -0.3 is 33.8 Å². The molecule has 0 saturated heterocycles. The van der Waals surface area contributed by atoms with Crippen molar-refractivity contribution in [2.45, 2.75) is 491 Å². The standard InChI is InChI=1S/C90H176O17P2/c1-80(2)66-58-50-42-34-27-21-15-9-12-18-24-30-38-46-54-62-70-87(92)100-76-85(106-89(94)72-64-56-48-39-31-25-19-13-10-16-22-28-35-43-51-59-67-81(3)4)78-104-108(96,97)102-74-84(91)75-103-109(98,99)105-79-86(77-101-88(93)71-63-55-47-41-33-37-45-53-61-69-83(7)8)107-90(95)73-65-57-49-40-32-26-20-14-11-17-23-29-36-44-52-60-68-82(5)6/h80-86,91H,9-79H2,1-8H3,(H,96,97)(H,98,99)/t84-,85-,86-/m1/s1. The minimum absolute atomic E-state index is 0.108. The quantitative estimate of drug-likeness (QED) is 0.0222. The number of rotatable bonds is 87. The summed E-state index contributed by atoms with van der Waals surface area (Å²) >= 11 is 0. The van der Waals surface area contributed by atoms with Gasteiger partial charge >= 0.3 is 39.5 Å². The Labute approximate surface area is 670 Å². The SMILES string of the molecule is CC(C)CCCCCCCCCCCCCCCCCCC(=O)OC[C@H](COP(=O)(O)OC[C@@H](O)COP(=O)(O)OC[C@@H](COC(=O)CCCCCCCCCCCC(C)C)OC(=O)CCCCCCCCCCCCCCCCCCC(C)C)OC(=O)CCCCCCCCCCCCCCCCCCC(C)C. The normalized spacial score (nSPS) is 13.9. The van der Waals surface area contributed by atoms with Gasteiger partial charge in [-0.2, -0.15) is 0 Å². The fourth-order valence-corrected chi connectivity index (χ4v) is 15.6. The second-order valence-corrected chi connectivity index (χ2v) is 37.2. The van der Waals surface area contributed by atoms with Crippen LogP contribution in [0.1, 0.15) is 473 Å². The second kappa shape index (κ2) is 78.6. The molecule has 17 nitrogen and oxygen atoms in total. The molecule has 0 fully saturated rings. The summed E-state index contributed by atoms with van der Waals surface area (Å²) in [5.74, 6) is 1.07. The first-order chi connectivity index (χ1) is 52.6. The number of aliphatic hydroxyl groups excluding tert-OH is 1. The summed E-state index contributed by atoms with van der Waals surface area (Å²) in [6, 6.07) is 0. The van der Waals surface area contributed by atoms with Crippen LogP contribution in [0.3, 0.4) is 0 Å². The number of unbranched alkanes of at least 4 members (excludes halogenated alkanes) is 53. The average molecular weight is 1590 g/mol. The fourth-order valence-electron chi connectivity index (χ4n) is 14.0. The number of esters is 4. The molecule has 0 aliphatic heterocycles. The summed E-state index contributed by atoms with van der Waals surface area (Å²) in [6.45, 7) is 14.4. The average Bonchev–Trinajstić information content (AvgIpc) is 0.824. The number of hydrogen-bond acceptors (Lipinski definition) is 15. The first-order valence-electron chi connectivity index (χ1n) is 46.2. The molecule has 0 bridgehead atoms. The maximum Gasteiger partial charge on any atom is 0.472 e. The third-order valence-electron chi connectivity index (χ3n) is 21.1. The molecular formula is C90H176O17P2. The summed E-state index contributed by atoms with van der Waals surface area (Å²) in [7, 11) is -9.94. The van der Waals surface area contributed by atoms with E-state index in [0.717, 1.165) is 114 Å². The zero-order valence-electron chi connectivity index (χ0n) is 72.2. The van der Waals surface area contributed by atoms with Gasteiger partial charge in [0.25, 0.3) is 0 Å².